The first kappa shape index (κ1) is 21.7. The van der Waals surface area contributed by atoms with Crippen molar-refractivity contribution in [3.05, 3.63) is 0 Å². The number of ether oxygens (including phenoxy) is 1. The number of aliphatic hydroxyl groups excluding tert-OH is 2. The van der Waals surface area contributed by atoms with Crippen LogP contribution in [0.1, 0.15) is 52.9 Å². The molecule has 1 unspecified atom stereocenters. The maximum Gasteiger partial charge on any atom is 0.315 e. The Morgan fingerprint density at radius 3 is 2.32 bits per heavy atom. The quantitative estimate of drug-likeness (QED) is 0.395. The van der Waals surface area contributed by atoms with Gasteiger partial charge in [-0.1, -0.05) is 19.3 Å². The normalized spacial score (nSPS) is 20.4. The molecule has 6 N–H and O–H groups in total. The molecule has 0 aliphatic heterocycles. The molecular formula is C17H33N3O5. The molecule has 0 heterocycles. The number of amides is 2. The Bertz CT molecular complexity index is 427. The molecule has 8 nitrogen and oxygen atoms in total. The molecule has 1 rings (SSSR count). The minimum absolute atomic E-state index is 0.0380. The summed E-state index contributed by atoms with van der Waals surface area (Å²) in [5.74, 6) is -0.381. The van der Waals surface area contributed by atoms with Crippen LogP contribution >= 0.6 is 0 Å². The van der Waals surface area contributed by atoms with Crippen LogP contribution in [0.25, 0.3) is 0 Å². The molecule has 0 aromatic rings. The van der Waals surface area contributed by atoms with Gasteiger partial charge in [-0.15, -0.1) is 0 Å². The summed E-state index contributed by atoms with van der Waals surface area (Å²) >= 11 is 0. The lowest BCUT2D eigenvalue weighted by Gasteiger charge is -2.36. The first-order chi connectivity index (χ1) is 11.7. The third-order valence-corrected chi connectivity index (χ3v) is 4.48. The summed E-state index contributed by atoms with van der Waals surface area (Å²) < 4.78 is 5.37. The maximum absolute atomic E-state index is 11.6. The van der Waals surface area contributed by atoms with E-state index in [4.69, 9.17) is 10.5 Å². The van der Waals surface area contributed by atoms with Crippen molar-refractivity contribution in [1.29, 1.82) is 0 Å². The van der Waals surface area contributed by atoms with Crippen LogP contribution in [-0.2, 0) is 9.53 Å². The summed E-state index contributed by atoms with van der Waals surface area (Å²) in [5.41, 5.74) is 6.11. The molecule has 1 fully saturated rings. The van der Waals surface area contributed by atoms with Gasteiger partial charge < -0.3 is 31.3 Å². The number of carbonyl (C=O) groups is 2. The summed E-state index contributed by atoms with van der Waals surface area (Å²) in [4.78, 5) is 23.0. The van der Waals surface area contributed by atoms with Crippen molar-refractivity contribution in [2.75, 3.05) is 6.54 Å². The number of hydrogen-bond donors (Lipinski definition) is 5. The van der Waals surface area contributed by atoms with Crippen molar-refractivity contribution in [3.63, 3.8) is 0 Å². The molecule has 1 saturated carbocycles. The largest absolute Gasteiger partial charge is 0.461 e. The summed E-state index contributed by atoms with van der Waals surface area (Å²) in [6, 6.07) is -1.39. The van der Waals surface area contributed by atoms with Gasteiger partial charge in [0.25, 0.3) is 0 Å². The molecular weight excluding hydrogens is 326 g/mol. The van der Waals surface area contributed by atoms with E-state index in [9.17, 15) is 19.8 Å². The first-order valence-electron chi connectivity index (χ1n) is 9.05. The number of nitrogens with one attached hydrogen (secondary N) is 2. The Balaban J connectivity index is 2.62. The van der Waals surface area contributed by atoms with E-state index in [1.54, 1.807) is 0 Å². The van der Waals surface area contributed by atoms with Gasteiger partial charge >= 0.3 is 12.0 Å². The summed E-state index contributed by atoms with van der Waals surface area (Å²) in [6.07, 6.45) is 1.74. The lowest BCUT2D eigenvalue weighted by Crippen LogP contribution is -2.56. The predicted molar refractivity (Wildman–Crippen MR) is 93.8 cm³/mol. The lowest BCUT2D eigenvalue weighted by atomic mass is 9.81. The van der Waals surface area contributed by atoms with Crippen LogP contribution in [0.5, 0.6) is 0 Å². The summed E-state index contributed by atoms with van der Waals surface area (Å²) in [5, 5.41) is 25.6. The smallest absolute Gasteiger partial charge is 0.315 e. The monoisotopic (exact) mass is 359 g/mol. The Hall–Kier alpha value is -1.38. The second-order valence-electron chi connectivity index (χ2n) is 7.12. The zero-order valence-corrected chi connectivity index (χ0v) is 15.4. The van der Waals surface area contributed by atoms with E-state index in [-0.39, 0.29) is 18.5 Å². The standard InChI is InChI=1S/C17H33N3O5/c1-10(2)20-17(24)19-9-13(22)15(23)14(18)16(25-11(3)21)12-7-5-4-6-8-12/h10,12-16,22-23H,4-9,18H2,1-3H3,(H2,19,20,24)/t13-,14-,15-,16?/m0/s1. The molecule has 4 atom stereocenters. The Labute approximate surface area is 149 Å². The fourth-order valence-electron chi connectivity index (χ4n) is 3.23. The number of carbonyl (C=O) groups excluding carboxylic acids is 2. The van der Waals surface area contributed by atoms with Gasteiger partial charge in [-0.05, 0) is 32.6 Å². The zero-order valence-electron chi connectivity index (χ0n) is 15.4. The van der Waals surface area contributed by atoms with Crippen LogP contribution in [0.2, 0.25) is 0 Å². The van der Waals surface area contributed by atoms with E-state index in [0.717, 1.165) is 32.1 Å². The molecule has 1 aliphatic rings. The van der Waals surface area contributed by atoms with Crippen LogP contribution in [0.4, 0.5) is 4.79 Å². The van der Waals surface area contributed by atoms with Crippen molar-refractivity contribution in [2.24, 2.45) is 11.7 Å². The number of esters is 1. The molecule has 146 valence electrons. The minimum Gasteiger partial charge on any atom is -0.461 e. The molecule has 25 heavy (non-hydrogen) atoms. The highest BCUT2D eigenvalue weighted by atomic mass is 16.5. The second kappa shape index (κ2) is 10.6. The van der Waals surface area contributed by atoms with Crippen molar-refractivity contribution < 1.29 is 24.5 Å². The average Bonchev–Trinajstić information content (AvgIpc) is 2.56. The molecule has 0 aromatic heterocycles. The summed E-state index contributed by atoms with van der Waals surface area (Å²) in [6.45, 7) is 4.79. The third kappa shape index (κ3) is 7.58. The van der Waals surface area contributed by atoms with Gasteiger partial charge in [0.05, 0.1) is 12.1 Å². The fraction of sp³-hybridized carbons (Fsp3) is 0.882. The molecule has 1 aliphatic carbocycles. The number of aliphatic hydroxyl groups is 2. The van der Waals surface area contributed by atoms with Crippen molar-refractivity contribution in [2.45, 2.75) is 83.3 Å². The van der Waals surface area contributed by atoms with Gasteiger partial charge in [0, 0.05) is 19.5 Å². The lowest BCUT2D eigenvalue weighted by molar-refractivity contribution is -0.154. The maximum atomic E-state index is 11.6. The second-order valence-corrected chi connectivity index (χ2v) is 7.12. The molecule has 0 spiro atoms. The highest BCUT2D eigenvalue weighted by molar-refractivity contribution is 5.74. The molecule has 2 amide bonds. The third-order valence-electron chi connectivity index (χ3n) is 4.48. The molecule has 0 saturated heterocycles. The van der Waals surface area contributed by atoms with Gasteiger partial charge in [0.2, 0.25) is 0 Å². The number of nitrogens with two attached hydrogens (primary N) is 1. The average molecular weight is 359 g/mol. The minimum atomic E-state index is -1.31. The van der Waals surface area contributed by atoms with E-state index in [1.165, 1.54) is 6.92 Å². The van der Waals surface area contributed by atoms with E-state index >= 15 is 0 Å². The number of rotatable bonds is 8. The van der Waals surface area contributed by atoms with E-state index in [0.29, 0.717) is 0 Å². The van der Waals surface area contributed by atoms with Gasteiger partial charge in [-0.2, -0.15) is 0 Å². The van der Waals surface area contributed by atoms with Crippen molar-refractivity contribution in [3.8, 4) is 0 Å². The van der Waals surface area contributed by atoms with Crippen LogP contribution in [-0.4, -0.2) is 59.2 Å². The van der Waals surface area contributed by atoms with Crippen molar-refractivity contribution >= 4 is 12.0 Å². The van der Waals surface area contributed by atoms with Crippen LogP contribution in [0.3, 0.4) is 0 Å². The van der Waals surface area contributed by atoms with Gasteiger partial charge in [0.15, 0.2) is 0 Å². The van der Waals surface area contributed by atoms with Gasteiger partial charge in [-0.25, -0.2) is 4.79 Å². The van der Waals surface area contributed by atoms with Gasteiger partial charge in [0.1, 0.15) is 12.2 Å². The van der Waals surface area contributed by atoms with Crippen LogP contribution in [0, 0.1) is 5.92 Å². The van der Waals surface area contributed by atoms with Gasteiger partial charge in [-0.3, -0.25) is 4.79 Å². The van der Waals surface area contributed by atoms with Crippen LogP contribution in [0.15, 0.2) is 0 Å². The molecule has 8 heteroatoms. The predicted octanol–water partition coefficient (Wildman–Crippen LogP) is 0.255. The molecule has 0 bridgehead atoms. The van der Waals surface area contributed by atoms with E-state index in [1.807, 2.05) is 13.8 Å². The Morgan fingerprint density at radius 1 is 1.20 bits per heavy atom. The molecule has 0 aromatic carbocycles. The highest BCUT2D eigenvalue weighted by Gasteiger charge is 2.37. The molecule has 0 radical (unpaired) electrons. The number of hydrogen-bond acceptors (Lipinski definition) is 6. The first-order valence-corrected chi connectivity index (χ1v) is 9.05. The SMILES string of the molecule is CC(=O)OC(C1CCCCC1)[C@@H](N)[C@@H](O)[C@@H](O)CNC(=O)NC(C)C. The van der Waals surface area contributed by atoms with E-state index < -0.39 is 36.4 Å². The van der Waals surface area contributed by atoms with E-state index in [2.05, 4.69) is 10.6 Å². The Morgan fingerprint density at radius 2 is 1.80 bits per heavy atom. The topological polar surface area (TPSA) is 134 Å². The highest BCUT2D eigenvalue weighted by Crippen LogP contribution is 2.30. The fourth-order valence-corrected chi connectivity index (χ4v) is 3.23. The van der Waals surface area contributed by atoms with Crippen molar-refractivity contribution in [1.82, 2.24) is 10.6 Å². The summed E-state index contributed by atoms with van der Waals surface area (Å²) in [7, 11) is 0. The van der Waals surface area contributed by atoms with Crippen LogP contribution < -0.4 is 16.4 Å². The Kier molecular flexibility index (Phi) is 9.16. The number of urea groups is 1. The zero-order chi connectivity index (χ0) is 19.0.